The highest BCUT2D eigenvalue weighted by atomic mass is 16.1. The van der Waals surface area contributed by atoms with E-state index in [1.165, 1.54) is 32.1 Å². The molecule has 1 atom stereocenters. The number of benzene rings is 1. The van der Waals surface area contributed by atoms with E-state index in [2.05, 4.69) is 11.9 Å². The summed E-state index contributed by atoms with van der Waals surface area (Å²) >= 11 is 0. The van der Waals surface area contributed by atoms with E-state index in [1.807, 2.05) is 36.4 Å². The predicted octanol–water partition coefficient (Wildman–Crippen LogP) is 3.94. The molecule has 1 amide bonds. The lowest BCUT2D eigenvalue weighted by atomic mass is 9.82. The molecular formula is C17H23NO. The zero-order valence-corrected chi connectivity index (χ0v) is 11.5. The van der Waals surface area contributed by atoms with Gasteiger partial charge in [0.15, 0.2) is 0 Å². The monoisotopic (exact) mass is 257 g/mol. The molecule has 1 saturated carbocycles. The maximum atomic E-state index is 12.2. The standard InChI is InChI=1S/C17H23NO/c1-2-9-16(14-10-5-3-6-11-14)18-17(19)15-12-7-4-8-13-15/h2,4,7-8,12-14,16H,1,3,5-6,9-11H2,(H,18,19). The minimum Gasteiger partial charge on any atom is -0.349 e. The summed E-state index contributed by atoms with van der Waals surface area (Å²) in [7, 11) is 0. The first-order chi connectivity index (χ1) is 9.31. The van der Waals surface area contributed by atoms with E-state index in [1.54, 1.807) is 0 Å². The summed E-state index contributed by atoms with van der Waals surface area (Å²) in [4.78, 5) is 12.2. The van der Waals surface area contributed by atoms with Crippen LogP contribution in [0, 0.1) is 5.92 Å². The molecule has 2 rings (SSSR count). The molecule has 1 N–H and O–H groups in total. The predicted molar refractivity (Wildman–Crippen MR) is 79.1 cm³/mol. The van der Waals surface area contributed by atoms with Crippen LogP contribution in [0.25, 0.3) is 0 Å². The normalized spacial score (nSPS) is 17.7. The van der Waals surface area contributed by atoms with Gasteiger partial charge in [0.25, 0.3) is 5.91 Å². The van der Waals surface area contributed by atoms with Gasteiger partial charge >= 0.3 is 0 Å². The van der Waals surface area contributed by atoms with E-state index < -0.39 is 0 Å². The fraction of sp³-hybridized carbons (Fsp3) is 0.471. The number of amides is 1. The molecule has 0 bridgehead atoms. The number of hydrogen-bond acceptors (Lipinski definition) is 1. The van der Waals surface area contributed by atoms with Crippen molar-refractivity contribution in [1.29, 1.82) is 0 Å². The Kier molecular flexibility index (Phi) is 5.20. The van der Waals surface area contributed by atoms with E-state index >= 15 is 0 Å². The van der Waals surface area contributed by atoms with Gasteiger partial charge < -0.3 is 5.32 Å². The van der Waals surface area contributed by atoms with Gasteiger partial charge in [0, 0.05) is 11.6 Å². The van der Waals surface area contributed by atoms with E-state index in [9.17, 15) is 4.79 Å². The fourth-order valence-electron chi connectivity index (χ4n) is 2.93. The van der Waals surface area contributed by atoms with Crippen molar-refractivity contribution in [2.45, 2.75) is 44.6 Å². The smallest absolute Gasteiger partial charge is 0.251 e. The quantitative estimate of drug-likeness (QED) is 0.795. The largest absolute Gasteiger partial charge is 0.349 e. The number of rotatable bonds is 5. The second-order valence-electron chi connectivity index (χ2n) is 5.37. The molecule has 0 aromatic heterocycles. The zero-order valence-electron chi connectivity index (χ0n) is 11.5. The maximum Gasteiger partial charge on any atom is 0.251 e. The van der Waals surface area contributed by atoms with Crippen LogP contribution in [0.1, 0.15) is 48.9 Å². The number of hydrogen-bond donors (Lipinski definition) is 1. The van der Waals surface area contributed by atoms with E-state index in [0.717, 1.165) is 12.0 Å². The molecule has 1 aromatic carbocycles. The van der Waals surface area contributed by atoms with Crippen molar-refractivity contribution in [3.05, 3.63) is 48.6 Å². The van der Waals surface area contributed by atoms with Gasteiger partial charge in [-0.3, -0.25) is 4.79 Å². The molecule has 0 saturated heterocycles. The van der Waals surface area contributed by atoms with E-state index in [-0.39, 0.29) is 11.9 Å². The lowest BCUT2D eigenvalue weighted by molar-refractivity contribution is 0.0914. The van der Waals surface area contributed by atoms with Gasteiger partial charge in [0.2, 0.25) is 0 Å². The van der Waals surface area contributed by atoms with Crippen molar-refractivity contribution >= 4 is 5.91 Å². The van der Waals surface area contributed by atoms with Gasteiger partial charge in [-0.1, -0.05) is 43.5 Å². The molecule has 19 heavy (non-hydrogen) atoms. The molecule has 0 heterocycles. The molecular weight excluding hydrogens is 234 g/mol. The van der Waals surface area contributed by atoms with Gasteiger partial charge in [0.1, 0.15) is 0 Å². The molecule has 1 aliphatic carbocycles. The third-order valence-corrected chi connectivity index (χ3v) is 3.99. The summed E-state index contributed by atoms with van der Waals surface area (Å²) in [6.07, 6.45) is 9.16. The van der Waals surface area contributed by atoms with Crippen LogP contribution in [0.5, 0.6) is 0 Å². The second kappa shape index (κ2) is 7.13. The average Bonchev–Trinajstić information content (AvgIpc) is 2.48. The molecule has 102 valence electrons. The Morgan fingerprint density at radius 2 is 1.95 bits per heavy atom. The van der Waals surface area contributed by atoms with Crippen molar-refractivity contribution in [3.8, 4) is 0 Å². The first kappa shape index (κ1) is 13.9. The fourth-order valence-corrected chi connectivity index (χ4v) is 2.93. The van der Waals surface area contributed by atoms with Crippen LogP contribution in [-0.4, -0.2) is 11.9 Å². The van der Waals surface area contributed by atoms with E-state index in [0.29, 0.717) is 5.92 Å². The third-order valence-electron chi connectivity index (χ3n) is 3.99. The van der Waals surface area contributed by atoms with Crippen molar-refractivity contribution in [3.63, 3.8) is 0 Å². The van der Waals surface area contributed by atoms with Crippen LogP contribution in [0.4, 0.5) is 0 Å². The highest BCUT2D eigenvalue weighted by Gasteiger charge is 2.24. The summed E-state index contributed by atoms with van der Waals surface area (Å²) in [5.74, 6) is 0.650. The first-order valence-electron chi connectivity index (χ1n) is 7.28. The lowest BCUT2D eigenvalue weighted by Gasteiger charge is -2.30. The Balaban J connectivity index is 1.99. The highest BCUT2D eigenvalue weighted by Crippen LogP contribution is 2.28. The Bertz CT molecular complexity index is 407. The molecule has 1 aliphatic rings. The van der Waals surface area contributed by atoms with E-state index in [4.69, 9.17) is 0 Å². The maximum absolute atomic E-state index is 12.2. The summed E-state index contributed by atoms with van der Waals surface area (Å²) in [6, 6.07) is 9.70. The minimum atomic E-state index is 0.0398. The van der Waals surface area contributed by atoms with Gasteiger partial charge in [-0.25, -0.2) is 0 Å². The van der Waals surface area contributed by atoms with Crippen LogP contribution in [-0.2, 0) is 0 Å². The van der Waals surface area contributed by atoms with Crippen molar-refractivity contribution < 1.29 is 4.79 Å². The first-order valence-corrected chi connectivity index (χ1v) is 7.28. The highest BCUT2D eigenvalue weighted by molar-refractivity contribution is 5.94. The van der Waals surface area contributed by atoms with Gasteiger partial charge in [-0.15, -0.1) is 6.58 Å². The molecule has 2 heteroatoms. The van der Waals surface area contributed by atoms with Gasteiger partial charge in [-0.05, 0) is 37.3 Å². The minimum absolute atomic E-state index is 0.0398. The van der Waals surface area contributed by atoms with Crippen LogP contribution in [0.15, 0.2) is 43.0 Å². The van der Waals surface area contributed by atoms with Crippen LogP contribution < -0.4 is 5.32 Å². The summed E-state index contributed by atoms with van der Waals surface area (Å²) in [5, 5.41) is 3.19. The Labute approximate surface area is 115 Å². The number of nitrogens with one attached hydrogen (secondary N) is 1. The lowest BCUT2D eigenvalue weighted by Crippen LogP contribution is -2.40. The summed E-state index contributed by atoms with van der Waals surface area (Å²) in [6.45, 7) is 3.82. The molecule has 0 aliphatic heterocycles. The van der Waals surface area contributed by atoms with Crippen molar-refractivity contribution in [2.24, 2.45) is 5.92 Å². The molecule has 1 aromatic rings. The molecule has 0 radical (unpaired) electrons. The Morgan fingerprint density at radius 1 is 1.26 bits per heavy atom. The molecule has 0 spiro atoms. The number of carbonyl (C=O) groups excluding carboxylic acids is 1. The van der Waals surface area contributed by atoms with Crippen LogP contribution >= 0.6 is 0 Å². The summed E-state index contributed by atoms with van der Waals surface area (Å²) in [5.41, 5.74) is 0.743. The van der Waals surface area contributed by atoms with Gasteiger partial charge in [0.05, 0.1) is 0 Å². The van der Waals surface area contributed by atoms with Crippen LogP contribution in [0.3, 0.4) is 0 Å². The van der Waals surface area contributed by atoms with Crippen molar-refractivity contribution in [1.82, 2.24) is 5.32 Å². The van der Waals surface area contributed by atoms with Crippen LogP contribution in [0.2, 0.25) is 0 Å². The number of carbonyl (C=O) groups is 1. The average molecular weight is 257 g/mol. The van der Waals surface area contributed by atoms with Gasteiger partial charge in [-0.2, -0.15) is 0 Å². The zero-order chi connectivity index (χ0) is 13.5. The summed E-state index contributed by atoms with van der Waals surface area (Å²) < 4.78 is 0. The second-order valence-corrected chi connectivity index (χ2v) is 5.37. The third kappa shape index (κ3) is 3.95. The Hall–Kier alpha value is -1.57. The molecule has 2 nitrogen and oxygen atoms in total. The molecule has 1 fully saturated rings. The SMILES string of the molecule is C=CCC(NC(=O)c1ccccc1)C1CCCCC1. The molecule has 1 unspecified atom stereocenters. The topological polar surface area (TPSA) is 29.1 Å². The Morgan fingerprint density at radius 3 is 2.58 bits per heavy atom. The van der Waals surface area contributed by atoms with Crippen molar-refractivity contribution in [2.75, 3.05) is 0 Å².